The Kier molecular flexibility index (Phi) is 3.87. The maximum atomic E-state index is 5.15. The Bertz CT molecular complexity index is 502. The molecule has 1 aromatic carbocycles. The first kappa shape index (κ1) is 12.5. The van der Waals surface area contributed by atoms with E-state index in [2.05, 4.69) is 33.2 Å². The van der Waals surface area contributed by atoms with Gasteiger partial charge in [-0.15, -0.1) is 0 Å². The van der Waals surface area contributed by atoms with Gasteiger partial charge in [0.25, 0.3) is 0 Å². The zero-order valence-corrected chi connectivity index (χ0v) is 11.1. The topological polar surface area (TPSA) is 39.1 Å². The van der Waals surface area contributed by atoms with Crippen molar-refractivity contribution in [2.75, 3.05) is 19.5 Å². The summed E-state index contributed by atoms with van der Waals surface area (Å²) in [5, 5.41) is 3.10. The molecule has 96 valence electrons. The van der Waals surface area contributed by atoms with E-state index < -0.39 is 0 Å². The van der Waals surface area contributed by atoms with Crippen LogP contribution in [0.3, 0.4) is 0 Å². The summed E-state index contributed by atoms with van der Waals surface area (Å²) in [5.41, 5.74) is 2.33. The Labute approximate surface area is 108 Å². The number of imidazole rings is 1. The van der Waals surface area contributed by atoms with E-state index in [1.807, 2.05) is 26.1 Å². The lowest BCUT2D eigenvalue weighted by atomic mass is 10.1. The van der Waals surface area contributed by atoms with Gasteiger partial charge in [0.1, 0.15) is 5.75 Å². The van der Waals surface area contributed by atoms with Crippen molar-refractivity contribution in [3.05, 3.63) is 41.7 Å². The number of nitrogens with zero attached hydrogens (tertiary/aromatic N) is 2. The molecule has 0 aliphatic rings. The van der Waals surface area contributed by atoms with E-state index in [9.17, 15) is 0 Å². The molecule has 0 bridgehead atoms. The van der Waals surface area contributed by atoms with Gasteiger partial charge in [-0.2, -0.15) is 0 Å². The predicted octanol–water partition coefficient (Wildman–Crippen LogP) is 2.48. The van der Waals surface area contributed by atoms with E-state index in [4.69, 9.17) is 4.74 Å². The van der Waals surface area contributed by atoms with Crippen LogP contribution in [-0.4, -0.2) is 23.7 Å². The molecular weight excluding hydrogens is 226 g/mol. The maximum absolute atomic E-state index is 5.15. The fourth-order valence-electron chi connectivity index (χ4n) is 1.96. The Balaban J connectivity index is 2.01. The smallest absolute Gasteiger partial charge is 0.202 e. The van der Waals surface area contributed by atoms with Gasteiger partial charge in [-0.25, -0.2) is 4.98 Å². The number of benzene rings is 1. The third-order valence-electron chi connectivity index (χ3n) is 2.92. The van der Waals surface area contributed by atoms with Gasteiger partial charge in [-0.3, -0.25) is 0 Å². The van der Waals surface area contributed by atoms with E-state index >= 15 is 0 Å². The van der Waals surface area contributed by atoms with Gasteiger partial charge in [0.15, 0.2) is 0 Å². The molecular formula is C14H19N3O. The first-order valence-corrected chi connectivity index (χ1v) is 6.07. The second-order valence-corrected chi connectivity index (χ2v) is 4.25. The Morgan fingerprint density at radius 2 is 2.00 bits per heavy atom. The molecule has 2 aromatic rings. The van der Waals surface area contributed by atoms with Gasteiger partial charge in [-0.1, -0.05) is 12.1 Å². The number of nitrogens with one attached hydrogen (secondary N) is 1. The number of aromatic nitrogens is 2. The van der Waals surface area contributed by atoms with Crippen molar-refractivity contribution in [2.45, 2.75) is 19.9 Å². The normalized spacial score (nSPS) is 10.4. The SMILES string of the molecule is CNc1nc(C)cn1CCc1ccc(OC)cc1. The number of methoxy groups -OCH3 is 1. The van der Waals surface area contributed by atoms with Crippen LogP contribution < -0.4 is 10.1 Å². The van der Waals surface area contributed by atoms with Crippen LogP contribution in [0.5, 0.6) is 5.75 Å². The molecule has 18 heavy (non-hydrogen) atoms. The zero-order valence-electron chi connectivity index (χ0n) is 11.1. The number of hydrogen-bond acceptors (Lipinski definition) is 3. The fourth-order valence-corrected chi connectivity index (χ4v) is 1.96. The van der Waals surface area contributed by atoms with Crippen molar-refractivity contribution in [1.82, 2.24) is 9.55 Å². The van der Waals surface area contributed by atoms with Crippen LogP contribution in [0.2, 0.25) is 0 Å². The summed E-state index contributed by atoms with van der Waals surface area (Å²) in [6.45, 7) is 2.92. The number of anilines is 1. The lowest BCUT2D eigenvalue weighted by Crippen LogP contribution is -2.05. The van der Waals surface area contributed by atoms with E-state index in [-0.39, 0.29) is 0 Å². The van der Waals surface area contributed by atoms with Gasteiger partial charge >= 0.3 is 0 Å². The highest BCUT2D eigenvalue weighted by Gasteiger charge is 2.03. The Hall–Kier alpha value is -1.97. The molecule has 4 heteroatoms. The highest BCUT2D eigenvalue weighted by Crippen LogP contribution is 2.14. The average Bonchev–Trinajstić information content (AvgIpc) is 2.77. The highest BCUT2D eigenvalue weighted by atomic mass is 16.5. The van der Waals surface area contributed by atoms with Gasteiger partial charge in [0, 0.05) is 19.8 Å². The summed E-state index contributed by atoms with van der Waals surface area (Å²) in [4.78, 5) is 4.40. The molecule has 0 amide bonds. The molecule has 0 spiro atoms. The first-order valence-electron chi connectivity index (χ1n) is 6.07. The third kappa shape index (κ3) is 2.83. The first-order chi connectivity index (χ1) is 8.72. The number of aryl methyl sites for hydroxylation is 3. The van der Waals surface area contributed by atoms with Gasteiger partial charge in [0.2, 0.25) is 5.95 Å². The molecule has 1 heterocycles. The molecule has 1 aromatic heterocycles. The van der Waals surface area contributed by atoms with Crippen LogP contribution in [0.1, 0.15) is 11.3 Å². The highest BCUT2D eigenvalue weighted by molar-refractivity contribution is 5.29. The number of ether oxygens (including phenoxy) is 1. The molecule has 0 atom stereocenters. The maximum Gasteiger partial charge on any atom is 0.202 e. The van der Waals surface area contributed by atoms with E-state index in [1.54, 1.807) is 7.11 Å². The second kappa shape index (κ2) is 5.58. The standard InChI is InChI=1S/C14H19N3O/c1-11-10-17(14(15-2)16-11)9-8-12-4-6-13(18-3)7-5-12/h4-7,10H,8-9H2,1-3H3,(H,15,16). The summed E-state index contributed by atoms with van der Waals surface area (Å²) in [6.07, 6.45) is 3.05. The minimum atomic E-state index is 0.896. The van der Waals surface area contributed by atoms with Crippen LogP contribution in [-0.2, 0) is 13.0 Å². The number of hydrogen-bond donors (Lipinski definition) is 1. The Morgan fingerprint density at radius 1 is 1.28 bits per heavy atom. The third-order valence-corrected chi connectivity index (χ3v) is 2.92. The fraction of sp³-hybridized carbons (Fsp3) is 0.357. The lowest BCUT2D eigenvalue weighted by Gasteiger charge is -2.07. The molecule has 0 saturated heterocycles. The minimum absolute atomic E-state index is 0.896. The summed E-state index contributed by atoms with van der Waals surface area (Å²) in [7, 11) is 3.58. The zero-order chi connectivity index (χ0) is 13.0. The Morgan fingerprint density at radius 3 is 2.61 bits per heavy atom. The number of rotatable bonds is 5. The lowest BCUT2D eigenvalue weighted by molar-refractivity contribution is 0.414. The van der Waals surface area contributed by atoms with Crippen LogP contribution in [0, 0.1) is 6.92 Å². The molecule has 0 fully saturated rings. The summed E-state index contributed by atoms with van der Waals surface area (Å²) in [5.74, 6) is 1.81. The quantitative estimate of drug-likeness (QED) is 0.879. The summed E-state index contributed by atoms with van der Waals surface area (Å²) < 4.78 is 7.29. The molecule has 0 saturated carbocycles. The molecule has 0 aliphatic carbocycles. The second-order valence-electron chi connectivity index (χ2n) is 4.25. The van der Waals surface area contributed by atoms with Crippen molar-refractivity contribution in [3.63, 3.8) is 0 Å². The monoisotopic (exact) mass is 245 g/mol. The molecule has 0 radical (unpaired) electrons. The summed E-state index contributed by atoms with van der Waals surface area (Å²) >= 11 is 0. The minimum Gasteiger partial charge on any atom is -0.497 e. The van der Waals surface area contributed by atoms with Crippen LogP contribution in [0.4, 0.5) is 5.95 Å². The average molecular weight is 245 g/mol. The molecule has 0 aliphatic heterocycles. The van der Waals surface area contributed by atoms with Crippen LogP contribution in [0.25, 0.3) is 0 Å². The van der Waals surface area contributed by atoms with Crippen molar-refractivity contribution >= 4 is 5.95 Å². The van der Waals surface area contributed by atoms with Gasteiger partial charge in [-0.05, 0) is 31.0 Å². The molecule has 0 unspecified atom stereocenters. The van der Waals surface area contributed by atoms with Crippen molar-refractivity contribution in [3.8, 4) is 5.75 Å². The van der Waals surface area contributed by atoms with Crippen molar-refractivity contribution < 1.29 is 4.74 Å². The predicted molar refractivity (Wildman–Crippen MR) is 73.2 cm³/mol. The van der Waals surface area contributed by atoms with Gasteiger partial charge in [0.05, 0.1) is 12.8 Å². The van der Waals surface area contributed by atoms with E-state index in [0.717, 1.165) is 30.4 Å². The molecule has 2 rings (SSSR count). The van der Waals surface area contributed by atoms with E-state index in [0.29, 0.717) is 0 Å². The van der Waals surface area contributed by atoms with Crippen molar-refractivity contribution in [1.29, 1.82) is 0 Å². The molecule has 1 N–H and O–H groups in total. The van der Waals surface area contributed by atoms with E-state index in [1.165, 1.54) is 5.56 Å². The summed E-state index contributed by atoms with van der Waals surface area (Å²) in [6, 6.07) is 8.18. The van der Waals surface area contributed by atoms with Crippen LogP contribution in [0.15, 0.2) is 30.5 Å². The van der Waals surface area contributed by atoms with Gasteiger partial charge < -0.3 is 14.6 Å². The van der Waals surface area contributed by atoms with Crippen LogP contribution >= 0.6 is 0 Å². The largest absolute Gasteiger partial charge is 0.497 e. The van der Waals surface area contributed by atoms with Crippen molar-refractivity contribution in [2.24, 2.45) is 0 Å². The molecule has 4 nitrogen and oxygen atoms in total.